The maximum Gasteiger partial charge on any atom is 0.257 e. The Morgan fingerprint density at radius 3 is 2.08 bits per heavy atom. The number of nitrogens with zero attached hydrogens (tertiary/aromatic N) is 1. The van der Waals surface area contributed by atoms with Gasteiger partial charge in [0.1, 0.15) is 0 Å². The van der Waals surface area contributed by atoms with E-state index in [9.17, 15) is 9.59 Å². The summed E-state index contributed by atoms with van der Waals surface area (Å²) in [6, 6.07) is 0. The van der Waals surface area contributed by atoms with Gasteiger partial charge in [0.15, 0.2) is 0 Å². The summed E-state index contributed by atoms with van der Waals surface area (Å²) in [5, 5.41) is 9.45. The van der Waals surface area contributed by atoms with Crippen LogP contribution >= 0.6 is 0 Å². The van der Waals surface area contributed by atoms with E-state index in [1.54, 1.807) is 0 Å². The Morgan fingerprint density at radius 2 is 1.62 bits per heavy atom. The van der Waals surface area contributed by atoms with E-state index in [-0.39, 0.29) is 23.7 Å². The molecule has 0 radical (unpaired) electrons. The van der Waals surface area contributed by atoms with Crippen LogP contribution in [0.1, 0.15) is 6.42 Å². The van der Waals surface area contributed by atoms with E-state index in [2.05, 4.69) is 0 Å². The van der Waals surface area contributed by atoms with Gasteiger partial charge >= 0.3 is 0 Å². The lowest BCUT2D eigenvalue weighted by Gasteiger charge is -2.13. The van der Waals surface area contributed by atoms with Gasteiger partial charge in [-0.05, 0) is 18.3 Å². The van der Waals surface area contributed by atoms with Crippen LogP contribution in [0.4, 0.5) is 0 Å². The number of allylic oxidation sites excluding steroid dienone is 2. The smallest absolute Gasteiger partial charge is 0.257 e. The Hall–Kier alpha value is -1.16. The zero-order valence-electron chi connectivity index (χ0n) is 6.88. The van der Waals surface area contributed by atoms with Crippen LogP contribution in [0.15, 0.2) is 12.2 Å². The minimum absolute atomic E-state index is 0.184. The van der Waals surface area contributed by atoms with Gasteiger partial charge in [-0.15, -0.1) is 0 Å². The summed E-state index contributed by atoms with van der Waals surface area (Å²) in [5.74, 6) is -0.995. The van der Waals surface area contributed by atoms with Gasteiger partial charge in [-0.3, -0.25) is 14.8 Å². The summed E-state index contributed by atoms with van der Waals surface area (Å²) in [4.78, 5) is 22.8. The highest BCUT2D eigenvalue weighted by Crippen LogP contribution is 2.51. The van der Waals surface area contributed by atoms with Crippen LogP contribution in [0.5, 0.6) is 0 Å². The average molecular weight is 179 g/mol. The van der Waals surface area contributed by atoms with Crippen LogP contribution < -0.4 is 0 Å². The number of carbonyl (C=O) groups is 2. The topological polar surface area (TPSA) is 57.6 Å². The van der Waals surface area contributed by atoms with Crippen LogP contribution in [0.25, 0.3) is 0 Å². The van der Waals surface area contributed by atoms with Gasteiger partial charge in [-0.2, -0.15) is 5.06 Å². The van der Waals surface area contributed by atoms with Gasteiger partial charge in [0.25, 0.3) is 11.8 Å². The molecule has 4 nitrogen and oxygen atoms in total. The quantitative estimate of drug-likeness (QED) is 0.328. The third-order valence-corrected chi connectivity index (χ3v) is 3.45. The minimum atomic E-state index is -0.410. The summed E-state index contributed by atoms with van der Waals surface area (Å²) in [6.07, 6.45) is 4.90. The van der Waals surface area contributed by atoms with Crippen molar-refractivity contribution in [1.82, 2.24) is 5.06 Å². The van der Waals surface area contributed by atoms with Crippen LogP contribution in [0.3, 0.4) is 0 Å². The number of fused-ring (bicyclic) bond motifs is 5. The molecule has 1 heterocycles. The second kappa shape index (κ2) is 2.01. The number of imide groups is 1. The monoisotopic (exact) mass is 179 g/mol. The molecule has 3 rings (SSSR count). The first-order chi connectivity index (χ1) is 6.20. The first kappa shape index (κ1) is 7.26. The molecule has 2 bridgehead atoms. The summed E-state index contributed by atoms with van der Waals surface area (Å²) in [6.45, 7) is 0. The molecule has 0 aromatic carbocycles. The SMILES string of the molecule is O=C1[C@@H]2[C@@H](C(=O)N1O)[C@H]1C=C[C@H]2C1. The van der Waals surface area contributed by atoms with Crippen molar-refractivity contribution in [2.45, 2.75) is 6.42 Å². The minimum Gasteiger partial charge on any atom is -0.278 e. The Morgan fingerprint density at radius 1 is 1.15 bits per heavy atom. The molecule has 0 unspecified atom stereocenters. The lowest BCUT2D eigenvalue weighted by atomic mass is 9.85. The molecular weight excluding hydrogens is 170 g/mol. The molecule has 13 heavy (non-hydrogen) atoms. The molecule has 0 aromatic rings. The number of hydrogen-bond acceptors (Lipinski definition) is 3. The van der Waals surface area contributed by atoms with Gasteiger partial charge in [0, 0.05) is 0 Å². The van der Waals surface area contributed by atoms with Gasteiger partial charge < -0.3 is 0 Å². The van der Waals surface area contributed by atoms with Crippen molar-refractivity contribution in [2.24, 2.45) is 23.7 Å². The molecular formula is C9H9NO3. The van der Waals surface area contributed by atoms with E-state index in [1.807, 2.05) is 12.2 Å². The van der Waals surface area contributed by atoms with Crippen molar-refractivity contribution in [3.8, 4) is 0 Å². The molecule has 1 aliphatic heterocycles. The van der Waals surface area contributed by atoms with E-state index in [0.29, 0.717) is 5.06 Å². The molecule has 1 saturated heterocycles. The highest BCUT2D eigenvalue weighted by molar-refractivity contribution is 6.05. The largest absolute Gasteiger partial charge is 0.278 e. The molecule has 4 atom stereocenters. The van der Waals surface area contributed by atoms with E-state index >= 15 is 0 Å². The molecule has 2 fully saturated rings. The summed E-state index contributed by atoms with van der Waals surface area (Å²) < 4.78 is 0. The molecule has 0 spiro atoms. The fourth-order valence-corrected chi connectivity index (χ4v) is 2.89. The van der Waals surface area contributed by atoms with Crippen molar-refractivity contribution in [2.75, 3.05) is 0 Å². The van der Waals surface area contributed by atoms with Crippen molar-refractivity contribution < 1.29 is 14.8 Å². The van der Waals surface area contributed by atoms with Crippen LogP contribution in [0, 0.1) is 23.7 Å². The fourth-order valence-electron chi connectivity index (χ4n) is 2.89. The zero-order chi connectivity index (χ0) is 9.16. The molecule has 1 N–H and O–H groups in total. The number of carbonyl (C=O) groups excluding carboxylic acids is 2. The molecule has 0 aromatic heterocycles. The van der Waals surface area contributed by atoms with Crippen LogP contribution in [0.2, 0.25) is 0 Å². The number of amides is 2. The fraction of sp³-hybridized carbons (Fsp3) is 0.556. The van der Waals surface area contributed by atoms with Crippen molar-refractivity contribution in [3.05, 3.63) is 12.2 Å². The van der Waals surface area contributed by atoms with Crippen LogP contribution in [-0.2, 0) is 9.59 Å². The lowest BCUT2D eigenvalue weighted by Crippen LogP contribution is -2.29. The third-order valence-electron chi connectivity index (χ3n) is 3.45. The Labute approximate surface area is 74.8 Å². The van der Waals surface area contributed by atoms with Crippen molar-refractivity contribution >= 4 is 11.8 Å². The number of hydroxylamine groups is 2. The maximum absolute atomic E-state index is 11.4. The Bertz CT molecular complexity index is 306. The predicted molar refractivity (Wildman–Crippen MR) is 41.4 cm³/mol. The average Bonchev–Trinajstić information content (AvgIpc) is 2.76. The van der Waals surface area contributed by atoms with Gasteiger partial charge in [-0.25, -0.2) is 0 Å². The van der Waals surface area contributed by atoms with E-state index in [4.69, 9.17) is 5.21 Å². The Kier molecular flexibility index (Phi) is 1.12. The van der Waals surface area contributed by atoms with Crippen LogP contribution in [-0.4, -0.2) is 22.1 Å². The lowest BCUT2D eigenvalue weighted by molar-refractivity contribution is -0.173. The normalized spacial score (nSPS) is 46.4. The van der Waals surface area contributed by atoms with Gasteiger partial charge in [-0.1, -0.05) is 12.2 Å². The summed E-state index contributed by atoms with van der Waals surface area (Å²) in [5.41, 5.74) is 0. The van der Waals surface area contributed by atoms with E-state index in [1.165, 1.54) is 0 Å². The van der Waals surface area contributed by atoms with Crippen molar-refractivity contribution in [1.29, 1.82) is 0 Å². The number of hydrogen-bond donors (Lipinski definition) is 1. The second-order valence-corrected chi connectivity index (χ2v) is 3.99. The first-order valence-electron chi connectivity index (χ1n) is 4.45. The van der Waals surface area contributed by atoms with E-state index < -0.39 is 11.8 Å². The second-order valence-electron chi connectivity index (χ2n) is 3.99. The van der Waals surface area contributed by atoms with Crippen molar-refractivity contribution in [3.63, 3.8) is 0 Å². The third kappa shape index (κ3) is 0.659. The molecule has 3 aliphatic rings. The summed E-state index contributed by atoms with van der Waals surface area (Å²) >= 11 is 0. The standard InChI is InChI=1S/C9H9NO3/c11-8-6-4-1-2-5(3-4)7(6)9(12)10(8)13/h1-2,4-7,13H,3H2/t4-,5-,6-,7-/m0/s1. The predicted octanol–water partition coefficient (Wildman–Crippen LogP) is 0.183. The maximum atomic E-state index is 11.4. The molecule has 2 amide bonds. The molecule has 4 heteroatoms. The van der Waals surface area contributed by atoms with Gasteiger partial charge in [0.05, 0.1) is 11.8 Å². The first-order valence-corrected chi connectivity index (χ1v) is 4.45. The summed E-state index contributed by atoms with van der Waals surface area (Å²) in [7, 11) is 0. The highest BCUT2D eigenvalue weighted by Gasteiger charge is 2.59. The Balaban J connectivity index is 2.08. The van der Waals surface area contributed by atoms with Gasteiger partial charge in [0.2, 0.25) is 0 Å². The molecule has 68 valence electrons. The molecule has 2 aliphatic carbocycles. The highest BCUT2D eigenvalue weighted by atomic mass is 16.5. The molecule has 1 saturated carbocycles. The van der Waals surface area contributed by atoms with E-state index in [0.717, 1.165) is 6.42 Å². The number of rotatable bonds is 0. The zero-order valence-corrected chi connectivity index (χ0v) is 6.88.